The van der Waals surface area contributed by atoms with E-state index in [1.54, 1.807) is 12.4 Å². The molecular weight excluding hydrogens is 513 g/mol. The molecule has 37 heavy (non-hydrogen) atoms. The van der Waals surface area contributed by atoms with Crippen LogP contribution in [0, 0.1) is 0 Å². The Morgan fingerprint density at radius 2 is 1.92 bits per heavy atom. The average Bonchev–Trinajstić information content (AvgIpc) is 3.53. The number of nitrogens with zero attached hydrogens (tertiary/aromatic N) is 2. The largest absolute Gasteiger partial charge is 0.493 e. The minimum absolute atomic E-state index is 0.00197. The van der Waals surface area contributed by atoms with Crippen molar-refractivity contribution in [3.63, 3.8) is 0 Å². The first-order chi connectivity index (χ1) is 17.6. The summed E-state index contributed by atoms with van der Waals surface area (Å²) in [5, 5.41) is 23.4. The van der Waals surface area contributed by atoms with Gasteiger partial charge in [0.25, 0.3) is 0 Å². The Labute approximate surface area is 213 Å². The van der Waals surface area contributed by atoms with Crippen LogP contribution in [-0.4, -0.2) is 56.4 Å². The molecule has 0 bridgehead atoms. The number of carboxylic acid groups (broad SMARTS) is 2. The van der Waals surface area contributed by atoms with E-state index in [-0.39, 0.29) is 12.3 Å². The Morgan fingerprint density at radius 3 is 2.54 bits per heavy atom. The van der Waals surface area contributed by atoms with Gasteiger partial charge >= 0.3 is 18.1 Å². The molecule has 0 fully saturated rings. The first kappa shape index (κ1) is 27.5. The van der Waals surface area contributed by atoms with Crippen LogP contribution in [0.1, 0.15) is 29.3 Å². The molecule has 0 saturated carbocycles. The molecule has 4 aromatic rings. The number of carboxylic acids is 2. The van der Waals surface area contributed by atoms with Crippen molar-refractivity contribution in [2.45, 2.75) is 24.9 Å². The number of H-pyrrole nitrogens is 1. The molecule has 0 aliphatic rings. The molecule has 0 saturated heterocycles. The van der Waals surface area contributed by atoms with Crippen LogP contribution < -0.4 is 10.1 Å². The highest BCUT2D eigenvalue weighted by molar-refractivity contribution is 7.09. The fraction of sp³-hybridized carbons (Fsp3) is 0.250. The minimum atomic E-state index is -5.08. The highest BCUT2D eigenvalue weighted by Crippen LogP contribution is 2.35. The molecule has 196 valence electrons. The van der Waals surface area contributed by atoms with Crippen molar-refractivity contribution in [1.82, 2.24) is 15.0 Å². The number of ether oxygens (including phenoxy) is 1. The second-order valence-electron chi connectivity index (χ2n) is 7.62. The maximum absolute atomic E-state index is 11.4. The van der Waals surface area contributed by atoms with Gasteiger partial charge in [-0.15, -0.1) is 11.3 Å². The molecule has 13 heteroatoms. The second kappa shape index (κ2) is 12.7. The molecule has 4 rings (SSSR count). The topological polar surface area (TPSA) is 137 Å². The number of thiazole rings is 1. The van der Waals surface area contributed by atoms with Gasteiger partial charge in [0, 0.05) is 53.4 Å². The molecule has 9 nitrogen and oxygen atoms in total. The number of benzene rings is 1. The second-order valence-corrected chi connectivity index (χ2v) is 8.55. The van der Waals surface area contributed by atoms with Gasteiger partial charge < -0.3 is 25.3 Å². The summed E-state index contributed by atoms with van der Waals surface area (Å²) in [7, 11) is 0. The number of hydrogen-bond acceptors (Lipinski definition) is 7. The van der Waals surface area contributed by atoms with Crippen LogP contribution in [0.4, 0.5) is 19.0 Å². The van der Waals surface area contributed by atoms with Crippen molar-refractivity contribution >= 4 is 40.0 Å². The zero-order chi connectivity index (χ0) is 26.8. The van der Waals surface area contributed by atoms with E-state index in [2.05, 4.69) is 20.3 Å². The first-order valence-electron chi connectivity index (χ1n) is 10.9. The monoisotopic (exact) mass is 536 g/mol. The van der Waals surface area contributed by atoms with Crippen molar-refractivity contribution in [2.24, 2.45) is 0 Å². The van der Waals surface area contributed by atoms with Crippen molar-refractivity contribution in [3.05, 3.63) is 70.9 Å². The number of anilines is 1. The van der Waals surface area contributed by atoms with Gasteiger partial charge in [0.15, 0.2) is 0 Å². The van der Waals surface area contributed by atoms with Crippen molar-refractivity contribution in [1.29, 1.82) is 0 Å². The van der Waals surface area contributed by atoms with E-state index < -0.39 is 18.1 Å². The van der Waals surface area contributed by atoms with E-state index in [4.69, 9.17) is 14.6 Å². The number of aromatic nitrogens is 3. The number of rotatable bonds is 10. The van der Waals surface area contributed by atoms with Crippen LogP contribution in [0.2, 0.25) is 0 Å². The van der Waals surface area contributed by atoms with Gasteiger partial charge in [0.1, 0.15) is 16.6 Å². The number of halogens is 3. The molecule has 0 aliphatic heterocycles. The molecule has 0 spiro atoms. The molecular formula is C24H23F3N4O5S. The lowest BCUT2D eigenvalue weighted by molar-refractivity contribution is -0.192. The van der Waals surface area contributed by atoms with Crippen LogP contribution in [0.5, 0.6) is 5.75 Å². The van der Waals surface area contributed by atoms with Crippen LogP contribution in [-0.2, 0) is 9.59 Å². The highest BCUT2D eigenvalue weighted by atomic mass is 32.1. The molecule has 1 atom stereocenters. The number of aliphatic carboxylic acids is 2. The Kier molecular flexibility index (Phi) is 9.44. The van der Waals surface area contributed by atoms with Gasteiger partial charge in [0.2, 0.25) is 0 Å². The average molecular weight is 537 g/mol. The third-order valence-corrected chi connectivity index (χ3v) is 5.88. The van der Waals surface area contributed by atoms with Gasteiger partial charge in [-0.25, -0.2) is 14.8 Å². The number of pyridine rings is 1. The van der Waals surface area contributed by atoms with Crippen molar-refractivity contribution in [2.75, 3.05) is 18.5 Å². The standard InChI is InChI=1S/C22H22N4O3S.C2HF3O2/c27-21(28)13-17(22-25-9-11-30-22)18-14-26-19-12-15(5-6-16(18)19)29-10-3-8-24-20-4-1-2-7-23-20;3-2(4,5)1(6)7/h1-2,4-7,9,11-12,14,17,26H,3,8,10,13H2,(H,23,24)(H,27,28);(H,6,7). The molecule has 0 aliphatic carbocycles. The number of carbonyl (C=O) groups is 2. The summed E-state index contributed by atoms with van der Waals surface area (Å²) in [6, 6.07) is 11.6. The predicted molar refractivity (Wildman–Crippen MR) is 131 cm³/mol. The number of fused-ring (bicyclic) bond motifs is 1. The van der Waals surface area contributed by atoms with E-state index in [1.165, 1.54) is 11.3 Å². The number of hydrogen-bond donors (Lipinski definition) is 4. The fourth-order valence-corrected chi connectivity index (χ4v) is 4.12. The van der Waals surface area contributed by atoms with E-state index in [0.717, 1.165) is 46.0 Å². The van der Waals surface area contributed by atoms with Gasteiger partial charge in [-0.1, -0.05) is 6.07 Å². The summed E-state index contributed by atoms with van der Waals surface area (Å²) < 4.78 is 37.6. The molecule has 1 aromatic carbocycles. The van der Waals surface area contributed by atoms with Gasteiger partial charge in [-0.2, -0.15) is 13.2 Å². The summed E-state index contributed by atoms with van der Waals surface area (Å²) in [6.45, 7) is 1.36. The number of nitrogens with one attached hydrogen (secondary N) is 2. The van der Waals surface area contributed by atoms with Gasteiger partial charge in [-0.3, -0.25) is 4.79 Å². The lowest BCUT2D eigenvalue weighted by Gasteiger charge is -2.12. The molecule has 3 heterocycles. The fourth-order valence-electron chi connectivity index (χ4n) is 3.36. The Hall–Kier alpha value is -4.13. The van der Waals surface area contributed by atoms with Gasteiger partial charge in [0.05, 0.1) is 13.0 Å². The highest BCUT2D eigenvalue weighted by Gasteiger charge is 2.38. The van der Waals surface area contributed by atoms with Crippen molar-refractivity contribution < 1.29 is 37.7 Å². The summed E-state index contributed by atoms with van der Waals surface area (Å²) in [5.74, 6) is -2.25. The van der Waals surface area contributed by atoms with Crippen LogP contribution in [0.25, 0.3) is 10.9 Å². The third-order valence-electron chi connectivity index (χ3n) is 4.99. The molecule has 0 amide bonds. The van der Waals surface area contributed by atoms with E-state index in [9.17, 15) is 23.1 Å². The first-order valence-corrected chi connectivity index (χ1v) is 11.8. The SMILES string of the molecule is O=C(O)C(F)(F)F.O=C(O)CC(c1nccs1)c1c[nH]c2cc(OCCCNc3ccccn3)ccc12. The van der Waals surface area contributed by atoms with Crippen LogP contribution in [0.3, 0.4) is 0 Å². The molecule has 0 radical (unpaired) electrons. The Morgan fingerprint density at radius 1 is 1.14 bits per heavy atom. The minimum Gasteiger partial charge on any atom is -0.493 e. The van der Waals surface area contributed by atoms with E-state index in [0.29, 0.717) is 6.61 Å². The number of aromatic amines is 1. The predicted octanol–water partition coefficient (Wildman–Crippen LogP) is 5.14. The van der Waals surface area contributed by atoms with E-state index >= 15 is 0 Å². The quantitative estimate of drug-likeness (QED) is 0.205. The third kappa shape index (κ3) is 8.20. The molecule has 4 N–H and O–H groups in total. The smallest absolute Gasteiger partial charge is 0.490 e. The van der Waals surface area contributed by atoms with Gasteiger partial charge in [-0.05, 0) is 36.2 Å². The molecule has 3 aromatic heterocycles. The summed E-state index contributed by atoms with van der Waals surface area (Å²) in [6.07, 6.45) is 1.10. The maximum Gasteiger partial charge on any atom is 0.490 e. The zero-order valence-corrected chi connectivity index (χ0v) is 20.1. The van der Waals surface area contributed by atoms with E-state index in [1.807, 2.05) is 48.0 Å². The summed E-state index contributed by atoms with van der Waals surface area (Å²) >= 11 is 1.47. The zero-order valence-electron chi connectivity index (χ0n) is 19.2. The summed E-state index contributed by atoms with van der Waals surface area (Å²) in [5.41, 5.74) is 1.86. The lowest BCUT2D eigenvalue weighted by Crippen LogP contribution is -2.21. The lowest BCUT2D eigenvalue weighted by atomic mass is 9.96. The Balaban J connectivity index is 0.000000479. The normalized spacial score (nSPS) is 11.9. The molecule has 1 unspecified atom stereocenters. The number of alkyl halides is 3. The van der Waals surface area contributed by atoms with Crippen LogP contribution in [0.15, 0.2) is 60.4 Å². The summed E-state index contributed by atoms with van der Waals surface area (Å²) in [4.78, 5) is 32.1. The maximum atomic E-state index is 11.4. The van der Waals surface area contributed by atoms with Crippen molar-refractivity contribution in [3.8, 4) is 5.75 Å². The Bertz CT molecular complexity index is 1300. The van der Waals surface area contributed by atoms with Crippen LogP contribution >= 0.6 is 11.3 Å².